The van der Waals surface area contributed by atoms with Crippen LogP contribution in [0.1, 0.15) is 25.7 Å². The molecule has 0 saturated carbocycles. The van der Waals surface area contributed by atoms with Crippen molar-refractivity contribution in [3.63, 3.8) is 0 Å². The minimum Gasteiger partial charge on any atom is -0.198 e. The molecular formula is C8H12Cl2N2. The molecule has 12 heavy (non-hydrogen) atoms. The maximum Gasteiger partial charge on any atom is 0.0622 e. The largest absolute Gasteiger partial charge is 0.198 e. The molecule has 68 valence electrons. The number of rotatable bonds is 4. The fourth-order valence-corrected chi connectivity index (χ4v) is 0.559. The van der Waals surface area contributed by atoms with E-state index in [1.54, 1.807) is 0 Å². The van der Waals surface area contributed by atoms with Crippen molar-refractivity contribution >= 4 is 23.2 Å². The Morgan fingerprint density at radius 1 is 0.833 bits per heavy atom. The van der Waals surface area contributed by atoms with Crippen LogP contribution in [0.3, 0.4) is 0 Å². The van der Waals surface area contributed by atoms with Crippen LogP contribution in [0.15, 0.2) is 0 Å². The zero-order valence-corrected chi connectivity index (χ0v) is 8.40. The fraction of sp³-hybridized carbons (Fsp3) is 0.750. The van der Waals surface area contributed by atoms with Crippen LogP contribution < -0.4 is 0 Å². The summed E-state index contributed by atoms with van der Waals surface area (Å²) in [6, 6.07) is 3.97. The van der Waals surface area contributed by atoms with E-state index in [1.807, 2.05) is 12.1 Å². The van der Waals surface area contributed by atoms with Crippen molar-refractivity contribution in [2.75, 3.05) is 11.8 Å². The van der Waals surface area contributed by atoms with Gasteiger partial charge in [-0.2, -0.15) is 10.5 Å². The summed E-state index contributed by atoms with van der Waals surface area (Å²) in [5.74, 6) is 1.21. The highest BCUT2D eigenvalue weighted by molar-refractivity contribution is 6.18. The topological polar surface area (TPSA) is 47.6 Å². The van der Waals surface area contributed by atoms with Crippen LogP contribution in [0.25, 0.3) is 0 Å². The van der Waals surface area contributed by atoms with Crippen LogP contribution in [-0.2, 0) is 0 Å². The number of hydrogen-bond acceptors (Lipinski definition) is 2. The second-order valence-electron chi connectivity index (χ2n) is 1.90. The molecule has 0 rings (SSSR count). The van der Waals surface area contributed by atoms with Crippen LogP contribution in [0.5, 0.6) is 0 Å². The summed E-state index contributed by atoms with van der Waals surface area (Å²) >= 11 is 10.5. The number of nitriles is 2. The molecule has 0 aliphatic carbocycles. The van der Waals surface area contributed by atoms with Gasteiger partial charge in [-0.1, -0.05) is 0 Å². The van der Waals surface area contributed by atoms with Gasteiger partial charge in [-0.25, -0.2) is 0 Å². The molecule has 0 radical (unpaired) electrons. The van der Waals surface area contributed by atoms with Gasteiger partial charge in [0.1, 0.15) is 0 Å². The molecule has 0 unspecified atom stereocenters. The molecule has 0 spiro atoms. The highest BCUT2D eigenvalue weighted by Crippen LogP contribution is 1.87. The van der Waals surface area contributed by atoms with Crippen LogP contribution in [0, 0.1) is 22.7 Å². The number of halogens is 2. The van der Waals surface area contributed by atoms with Crippen LogP contribution in [0.4, 0.5) is 0 Å². The molecular weight excluding hydrogens is 195 g/mol. The van der Waals surface area contributed by atoms with E-state index < -0.39 is 0 Å². The first kappa shape index (κ1) is 14.1. The average molecular weight is 207 g/mol. The quantitative estimate of drug-likeness (QED) is 0.525. The summed E-state index contributed by atoms with van der Waals surface area (Å²) < 4.78 is 0. The highest BCUT2D eigenvalue weighted by Gasteiger charge is 1.76. The van der Waals surface area contributed by atoms with Crippen LogP contribution in [0.2, 0.25) is 0 Å². The number of unbranched alkanes of at least 4 members (excludes halogenated alkanes) is 2. The van der Waals surface area contributed by atoms with Gasteiger partial charge in [0.15, 0.2) is 0 Å². The minimum absolute atomic E-state index is 0.587. The Kier molecular flexibility index (Phi) is 19.8. The summed E-state index contributed by atoms with van der Waals surface area (Å²) in [6.45, 7) is 0. The van der Waals surface area contributed by atoms with E-state index in [-0.39, 0.29) is 0 Å². The van der Waals surface area contributed by atoms with Gasteiger partial charge < -0.3 is 0 Å². The molecule has 0 aromatic carbocycles. The second-order valence-corrected chi connectivity index (χ2v) is 2.66. The Morgan fingerprint density at radius 2 is 1.17 bits per heavy atom. The molecule has 0 aliphatic rings. The standard InChI is InChI=1S/2C4H6ClN/c2*5-3-1-2-4-6/h2*1-3H2. The third kappa shape index (κ3) is 22.7. The Bertz CT molecular complexity index is 128. The normalized spacial score (nSPS) is 7.33. The Hall–Kier alpha value is -0.440. The maximum absolute atomic E-state index is 7.89. The molecule has 0 fully saturated rings. The molecule has 0 atom stereocenters. The van der Waals surface area contributed by atoms with Crippen LogP contribution >= 0.6 is 23.2 Å². The SMILES string of the molecule is N#CCCCCl.N#CCCCCl. The molecule has 0 bridgehead atoms. The number of hydrogen-bond donors (Lipinski definition) is 0. The summed E-state index contributed by atoms with van der Waals surface area (Å²) in [5.41, 5.74) is 0. The summed E-state index contributed by atoms with van der Waals surface area (Å²) in [6.07, 6.45) is 2.81. The lowest BCUT2D eigenvalue weighted by Crippen LogP contribution is -1.68. The van der Waals surface area contributed by atoms with E-state index in [4.69, 9.17) is 33.7 Å². The smallest absolute Gasteiger partial charge is 0.0622 e. The highest BCUT2D eigenvalue weighted by atomic mass is 35.5. The van der Waals surface area contributed by atoms with E-state index in [1.165, 1.54) is 0 Å². The summed E-state index contributed by atoms with van der Waals surface area (Å²) in [4.78, 5) is 0. The van der Waals surface area contributed by atoms with Gasteiger partial charge in [0.25, 0.3) is 0 Å². The second kappa shape index (κ2) is 16.9. The third-order valence-corrected chi connectivity index (χ3v) is 1.38. The minimum atomic E-state index is 0.587. The zero-order valence-electron chi connectivity index (χ0n) is 6.89. The van der Waals surface area contributed by atoms with Crippen molar-refractivity contribution < 1.29 is 0 Å². The predicted octanol–water partition coefficient (Wildman–Crippen LogP) is 3.06. The molecule has 4 heteroatoms. The van der Waals surface area contributed by atoms with Gasteiger partial charge in [-0.3, -0.25) is 0 Å². The van der Waals surface area contributed by atoms with E-state index in [0.29, 0.717) is 24.6 Å². The fourth-order valence-electron chi connectivity index (χ4n) is 0.292. The molecule has 0 N–H and O–H groups in total. The monoisotopic (exact) mass is 206 g/mol. The van der Waals surface area contributed by atoms with Gasteiger partial charge in [0.2, 0.25) is 0 Å². The molecule has 0 aliphatic heterocycles. The molecule has 2 nitrogen and oxygen atoms in total. The van der Waals surface area contributed by atoms with Gasteiger partial charge in [-0.15, -0.1) is 23.2 Å². The van der Waals surface area contributed by atoms with Crippen molar-refractivity contribution in [2.45, 2.75) is 25.7 Å². The van der Waals surface area contributed by atoms with E-state index in [0.717, 1.165) is 12.8 Å². The Labute approximate surface area is 83.7 Å². The molecule has 0 amide bonds. The number of nitrogens with zero attached hydrogens (tertiary/aromatic N) is 2. The zero-order chi connectivity index (χ0) is 9.66. The van der Waals surface area contributed by atoms with Crippen molar-refractivity contribution in [1.82, 2.24) is 0 Å². The Balaban J connectivity index is 0. The lowest BCUT2D eigenvalue weighted by atomic mass is 10.4. The van der Waals surface area contributed by atoms with E-state index in [2.05, 4.69) is 0 Å². The predicted molar refractivity (Wildman–Crippen MR) is 51.1 cm³/mol. The molecule has 0 heterocycles. The van der Waals surface area contributed by atoms with Crippen molar-refractivity contribution in [3.05, 3.63) is 0 Å². The Morgan fingerprint density at radius 3 is 1.25 bits per heavy atom. The molecule has 0 aromatic heterocycles. The first-order valence-corrected chi connectivity index (χ1v) is 4.76. The first-order chi connectivity index (χ1) is 5.83. The maximum atomic E-state index is 7.89. The van der Waals surface area contributed by atoms with Gasteiger partial charge in [0.05, 0.1) is 12.1 Å². The van der Waals surface area contributed by atoms with E-state index in [9.17, 15) is 0 Å². The van der Waals surface area contributed by atoms with Gasteiger partial charge >= 0.3 is 0 Å². The van der Waals surface area contributed by atoms with Gasteiger partial charge in [-0.05, 0) is 12.8 Å². The van der Waals surface area contributed by atoms with Crippen molar-refractivity contribution in [2.24, 2.45) is 0 Å². The van der Waals surface area contributed by atoms with Crippen molar-refractivity contribution in [1.29, 1.82) is 10.5 Å². The van der Waals surface area contributed by atoms with E-state index >= 15 is 0 Å². The summed E-state index contributed by atoms with van der Waals surface area (Å²) in [7, 11) is 0. The molecule has 0 aromatic rings. The summed E-state index contributed by atoms with van der Waals surface area (Å²) in [5, 5.41) is 15.8. The average Bonchev–Trinajstić information content (AvgIpc) is 2.12. The third-order valence-electron chi connectivity index (χ3n) is 0.844. The number of alkyl halides is 2. The first-order valence-electron chi connectivity index (χ1n) is 3.69. The van der Waals surface area contributed by atoms with Gasteiger partial charge in [0, 0.05) is 24.6 Å². The lowest BCUT2D eigenvalue weighted by Gasteiger charge is -1.75. The lowest BCUT2D eigenvalue weighted by molar-refractivity contribution is 0.976. The van der Waals surface area contributed by atoms with Crippen LogP contribution in [-0.4, -0.2) is 11.8 Å². The molecule has 0 saturated heterocycles. The van der Waals surface area contributed by atoms with Crippen molar-refractivity contribution in [3.8, 4) is 12.1 Å².